The Kier molecular flexibility index (Phi) is 5.78. The normalized spacial score (nSPS) is 24.9. The van der Waals surface area contributed by atoms with Gasteiger partial charge in [-0.2, -0.15) is 0 Å². The molecule has 1 saturated heterocycles. The number of allylic oxidation sites excluding steroid dienone is 6. The minimum Gasteiger partial charge on any atom is -0.507 e. The molecule has 214 valence electrons. The van der Waals surface area contributed by atoms with Gasteiger partial charge >= 0.3 is 5.97 Å². The molecule has 3 aromatic carbocycles. The number of carbonyl (C=O) groups is 5. The highest BCUT2D eigenvalue weighted by atomic mass is 16.4. The fraction of sp³-hybridized carbons (Fsp3) is 0.206. The number of imide groups is 1. The average molecular weight is 576 g/mol. The van der Waals surface area contributed by atoms with Gasteiger partial charge in [-0.25, -0.2) is 9.69 Å². The average Bonchev–Trinajstić information content (AvgIpc) is 3.24. The number of carboxylic acids is 1. The second kappa shape index (κ2) is 9.35. The maximum absolute atomic E-state index is 14.0. The zero-order valence-electron chi connectivity index (χ0n) is 22.9. The van der Waals surface area contributed by atoms with Gasteiger partial charge < -0.3 is 15.3 Å². The van der Waals surface area contributed by atoms with Crippen LogP contribution in [0.1, 0.15) is 41.6 Å². The molecule has 7 rings (SSSR count). The highest BCUT2D eigenvalue weighted by molar-refractivity contribution is 6.25. The van der Waals surface area contributed by atoms with Crippen molar-refractivity contribution >= 4 is 45.8 Å². The highest BCUT2D eigenvalue weighted by Crippen LogP contribution is 2.57. The quantitative estimate of drug-likeness (QED) is 0.233. The highest BCUT2D eigenvalue weighted by Gasteiger charge is 2.57. The molecular weight excluding hydrogens is 550 g/mol. The van der Waals surface area contributed by atoms with Gasteiger partial charge in [0.05, 0.1) is 17.5 Å². The third-order valence-electron chi connectivity index (χ3n) is 9.28. The number of fused-ring (bicyclic) bond motifs is 4. The van der Waals surface area contributed by atoms with E-state index < -0.39 is 47.2 Å². The molecule has 9 heteroatoms. The summed E-state index contributed by atoms with van der Waals surface area (Å²) in [6.45, 7) is 1.58. The number of phenolic OH excluding ortho intramolecular Hbond substituents is 1. The molecule has 3 N–H and O–H groups in total. The molecule has 1 fully saturated rings. The third-order valence-corrected chi connectivity index (χ3v) is 9.28. The van der Waals surface area contributed by atoms with Crippen LogP contribution < -0.4 is 4.90 Å². The zero-order valence-corrected chi connectivity index (χ0v) is 22.9. The molecule has 0 spiro atoms. The van der Waals surface area contributed by atoms with Gasteiger partial charge in [-0.1, -0.05) is 48.0 Å². The lowest BCUT2D eigenvalue weighted by Gasteiger charge is -2.42. The molecule has 0 aromatic heterocycles. The van der Waals surface area contributed by atoms with E-state index in [1.807, 2.05) is 24.3 Å². The molecule has 4 atom stereocenters. The number of ketones is 2. The van der Waals surface area contributed by atoms with E-state index in [1.54, 1.807) is 25.1 Å². The van der Waals surface area contributed by atoms with Crippen molar-refractivity contribution in [2.45, 2.75) is 25.7 Å². The number of benzene rings is 3. The third kappa shape index (κ3) is 3.74. The van der Waals surface area contributed by atoms with Gasteiger partial charge in [-0.15, -0.1) is 0 Å². The first kappa shape index (κ1) is 26.6. The number of Topliss-reactive ketones (excluding diaryl/α,β-unsaturated/α-hetero) is 1. The molecule has 3 aromatic rings. The van der Waals surface area contributed by atoms with E-state index in [0.717, 1.165) is 22.4 Å². The Balaban J connectivity index is 1.37. The van der Waals surface area contributed by atoms with Crippen molar-refractivity contribution in [1.29, 1.82) is 0 Å². The first-order chi connectivity index (χ1) is 20.6. The number of carboxylic acid groups (broad SMARTS) is 1. The van der Waals surface area contributed by atoms with Crippen LogP contribution in [0, 0.1) is 17.8 Å². The van der Waals surface area contributed by atoms with Crippen molar-refractivity contribution in [1.82, 2.24) is 0 Å². The Morgan fingerprint density at radius 3 is 2.44 bits per heavy atom. The number of phenols is 2. The molecule has 1 heterocycles. The first-order valence-corrected chi connectivity index (χ1v) is 13.9. The molecule has 3 aliphatic carbocycles. The topological polar surface area (TPSA) is 149 Å². The fourth-order valence-corrected chi connectivity index (χ4v) is 7.32. The molecule has 9 nitrogen and oxygen atoms in total. The van der Waals surface area contributed by atoms with E-state index in [1.165, 1.54) is 12.1 Å². The fourth-order valence-electron chi connectivity index (χ4n) is 7.32. The Bertz CT molecular complexity index is 1950. The summed E-state index contributed by atoms with van der Waals surface area (Å²) in [4.78, 5) is 67.1. The summed E-state index contributed by atoms with van der Waals surface area (Å²) in [6.07, 6.45) is 3.44. The van der Waals surface area contributed by atoms with Crippen LogP contribution in [0.25, 0.3) is 10.8 Å². The van der Waals surface area contributed by atoms with Gasteiger partial charge in [0.2, 0.25) is 11.8 Å². The van der Waals surface area contributed by atoms with E-state index in [4.69, 9.17) is 0 Å². The Hall–Kier alpha value is -5.31. The van der Waals surface area contributed by atoms with Crippen molar-refractivity contribution in [3.63, 3.8) is 0 Å². The summed E-state index contributed by atoms with van der Waals surface area (Å²) >= 11 is 0. The Morgan fingerprint density at radius 1 is 0.930 bits per heavy atom. The van der Waals surface area contributed by atoms with Crippen LogP contribution in [0.2, 0.25) is 0 Å². The predicted molar refractivity (Wildman–Crippen MR) is 154 cm³/mol. The SMILES string of the molecule is CC1=CC(=O)C2=C(C1=O)[C@@H](c1ccc3ccccc3c1O)C1=CC[C@@H]3C(=O)N(c4ccc(C(=O)O)c(O)c4)C(=O)[C@@H]3[C@@H]1C2. The largest absolute Gasteiger partial charge is 0.507 e. The van der Waals surface area contributed by atoms with Crippen LogP contribution in [0.3, 0.4) is 0 Å². The van der Waals surface area contributed by atoms with Crippen LogP contribution in [0.4, 0.5) is 5.69 Å². The minimum absolute atomic E-state index is 0.0180. The van der Waals surface area contributed by atoms with Gasteiger partial charge in [0.1, 0.15) is 17.1 Å². The maximum Gasteiger partial charge on any atom is 0.339 e. The summed E-state index contributed by atoms with van der Waals surface area (Å²) in [5.74, 6) is -6.59. The predicted octanol–water partition coefficient (Wildman–Crippen LogP) is 4.58. The van der Waals surface area contributed by atoms with E-state index in [2.05, 4.69) is 0 Å². The maximum atomic E-state index is 14.0. The number of anilines is 1. The number of rotatable bonds is 3. The molecule has 43 heavy (non-hydrogen) atoms. The zero-order chi connectivity index (χ0) is 30.3. The van der Waals surface area contributed by atoms with Crippen LogP contribution >= 0.6 is 0 Å². The summed E-state index contributed by atoms with van der Waals surface area (Å²) in [7, 11) is 0. The molecule has 0 bridgehead atoms. The van der Waals surface area contributed by atoms with Gasteiger partial charge in [-0.3, -0.25) is 19.2 Å². The van der Waals surface area contributed by atoms with E-state index in [-0.39, 0.29) is 47.0 Å². The van der Waals surface area contributed by atoms with Gasteiger partial charge in [0.15, 0.2) is 11.6 Å². The van der Waals surface area contributed by atoms with Crippen molar-refractivity contribution in [3.05, 3.63) is 100 Å². The second-order valence-electron chi connectivity index (χ2n) is 11.5. The lowest BCUT2D eigenvalue weighted by Crippen LogP contribution is -2.39. The Labute approximate surface area is 245 Å². The number of hydrogen-bond acceptors (Lipinski definition) is 7. The number of amides is 2. The molecule has 4 aliphatic rings. The number of aromatic hydroxyl groups is 2. The Morgan fingerprint density at radius 2 is 1.70 bits per heavy atom. The van der Waals surface area contributed by atoms with Crippen molar-refractivity contribution in [2.75, 3.05) is 4.90 Å². The molecular formula is C34H25NO8. The molecule has 1 aliphatic heterocycles. The van der Waals surface area contributed by atoms with Crippen molar-refractivity contribution in [2.24, 2.45) is 17.8 Å². The van der Waals surface area contributed by atoms with E-state index in [0.29, 0.717) is 27.7 Å². The summed E-state index contributed by atoms with van der Waals surface area (Å²) in [5, 5.41) is 32.4. The van der Waals surface area contributed by atoms with Crippen LogP contribution in [-0.4, -0.2) is 44.7 Å². The molecule has 0 unspecified atom stereocenters. The minimum atomic E-state index is -1.35. The van der Waals surface area contributed by atoms with E-state index in [9.17, 15) is 39.3 Å². The van der Waals surface area contributed by atoms with Crippen LogP contribution in [-0.2, 0) is 19.2 Å². The van der Waals surface area contributed by atoms with Crippen LogP contribution in [0.15, 0.2) is 89.0 Å². The first-order valence-electron chi connectivity index (χ1n) is 13.9. The van der Waals surface area contributed by atoms with Crippen molar-refractivity contribution in [3.8, 4) is 11.5 Å². The number of nitrogens with zero attached hydrogens (tertiary/aromatic N) is 1. The van der Waals surface area contributed by atoms with E-state index >= 15 is 0 Å². The molecule has 0 radical (unpaired) electrons. The van der Waals surface area contributed by atoms with Gasteiger partial charge in [-0.05, 0) is 49.3 Å². The second-order valence-corrected chi connectivity index (χ2v) is 11.5. The monoisotopic (exact) mass is 575 g/mol. The standard InChI is InChI=1S/C34H25NO8/c1-15-12-25(36)24-14-23-19(27(29(24)30(15)38)21-8-6-16-4-2-3-5-18(16)31(21)39)10-11-22-28(23)33(41)35(32(22)40)17-7-9-20(34(42)43)26(37)13-17/h2-10,12-13,22-23,27-28,37,39H,11,14H2,1H3,(H,42,43)/t22-,23+,27+,28-/m0/s1. The number of carbonyl (C=O) groups excluding carboxylic acids is 4. The number of aromatic carboxylic acids is 1. The van der Waals surface area contributed by atoms with Crippen molar-refractivity contribution < 1.29 is 39.3 Å². The summed E-state index contributed by atoms with van der Waals surface area (Å²) in [6, 6.07) is 14.4. The van der Waals surface area contributed by atoms with Gasteiger partial charge in [0, 0.05) is 39.7 Å². The smallest absolute Gasteiger partial charge is 0.339 e. The van der Waals surface area contributed by atoms with Gasteiger partial charge in [0.25, 0.3) is 0 Å². The lowest BCUT2D eigenvalue weighted by molar-refractivity contribution is -0.123. The summed E-state index contributed by atoms with van der Waals surface area (Å²) < 4.78 is 0. The number of hydrogen-bond donors (Lipinski definition) is 3. The lowest BCUT2D eigenvalue weighted by atomic mass is 9.59. The van der Waals surface area contributed by atoms with Crippen LogP contribution in [0.5, 0.6) is 11.5 Å². The summed E-state index contributed by atoms with van der Waals surface area (Å²) in [5.41, 5.74) is 1.70. The molecule has 2 amide bonds. The molecule has 0 saturated carbocycles.